The first-order chi connectivity index (χ1) is 10.3. The summed E-state index contributed by atoms with van der Waals surface area (Å²) in [4.78, 5) is 15.2. The lowest BCUT2D eigenvalue weighted by Crippen LogP contribution is -2.30. The number of pyridine rings is 1. The van der Waals surface area contributed by atoms with Crippen LogP contribution in [0.5, 0.6) is 0 Å². The van der Waals surface area contributed by atoms with E-state index < -0.39 is 17.8 Å². The van der Waals surface area contributed by atoms with Gasteiger partial charge in [-0.15, -0.1) is 0 Å². The minimum Gasteiger partial charge on any atom is -0.282 e. The van der Waals surface area contributed by atoms with E-state index in [4.69, 9.17) is 23.2 Å². The molecule has 0 spiro atoms. The molecule has 2 aromatic rings. The van der Waals surface area contributed by atoms with Gasteiger partial charge in [-0.3, -0.25) is 15.6 Å². The van der Waals surface area contributed by atoms with Gasteiger partial charge in [0.1, 0.15) is 11.5 Å². The molecule has 1 amide bonds. The molecular weight excluding hydrogens is 342 g/mol. The van der Waals surface area contributed by atoms with Gasteiger partial charge in [0, 0.05) is 5.02 Å². The summed E-state index contributed by atoms with van der Waals surface area (Å²) in [6.07, 6.45) is -4.57. The molecule has 0 bridgehead atoms. The minimum absolute atomic E-state index is 0.115. The normalized spacial score (nSPS) is 11.1. The predicted molar refractivity (Wildman–Crippen MR) is 76.8 cm³/mol. The number of anilines is 1. The van der Waals surface area contributed by atoms with Gasteiger partial charge in [-0.2, -0.15) is 13.2 Å². The zero-order valence-corrected chi connectivity index (χ0v) is 12.2. The van der Waals surface area contributed by atoms with Crippen LogP contribution in [0.4, 0.5) is 19.0 Å². The maximum absolute atomic E-state index is 12.5. The summed E-state index contributed by atoms with van der Waals surface area (Å²) in [7, 11) is 0. The summed E-state index contributed by atoms with van der Waals surface area (Å²) in [5.41, 5.74) is 3.55. The average molecular weight is 350 g/mol. The molecule has 22 heavy (non-hydrogen) atoms. The Morgan fingerprint density at radius 3 is 2.50 bits per heavy atom. The number of hydrogen-bond acceptors (Lipinski definition) is 3. The number of carbonyl (C=O) groups excluding carboxylic acids is 1. The molecule has 0 saturated heterocycles. The van der Waals surface area contributed by atoms with Gasteiger partial charge in [-0.1, -0.05) is 29.3 Å². The van der Waals surface area contributed by atoms with E-state index in [-0.39, 0.29) is 16.4 Å². The molecule has 116 valence electrons. The van der Waals surface area contributed by atoms with Crippen LogP contribution in [-0.4, -0.2) is 10.9 Å². The first kappa shape index (κ1) is 16.4. The van der Waals surface area contributed by atoms with E-state index in [1.165, 1.54) is 30.3 Å². The molecule has 4 nitrogen and oxygen atoms in total. The molecule has 0 atom stereocenters. The lowest BCUT2D eigenvalue weighted by Gasteiger charge is -2.11. The molecule has 1 aromatic heterocycles. The fourth-order valence-electron chi connectivity index (χ4n) is 1.52. The zero-order valence-electron chi connectivity index (χ0n) is 10.7. The van der Waals surface area contributed by atoms with Gasteiger partial charge in [-0.25, -0.2) is 4.98 Å². The predicted octanol–water partition coefficient (Wildman–Crippen LogP) is 4.16. The van der Waals surface area contributed by atoms with E-state index in [0.29, 0.717) is 5.02 Å². The third-order valence-corrected chi connectivity index (χ3v) is 3.07. The minimum atomic E-state index is -4.57. The van der Waals surface area contributed by atoms with E-state index in [2.05, 4.69) is 15.8 Å². The van der Waals surface area contributed by atoms with Crippen LogP contribution in [0.1, 0.15) is 16.1 Å². The monoisotopic (exact) mass is 349 g/mol. The Kier molecular flexibility index (Phi) is 4.77. The van der Waals surface area contributed by atoms with E-state index in [0.717, 1.165) is 6.07 Å². The third-order valence-electron chi connectivity index (χ3n) is 2.52. The van der Waals surface area contributed by atoms with E-state index in [1.54, 1.807) is 0 Å². The SMILES string of the molecule is O=C(NNc1cccc(C(F)(F)F)n1)c1ccc(Cl)cc1Cl. The highest BCUT2D eigenvalue weighted by molar-refractivity contribution is 6.36. The quantitative estimate of drug-likeness (QED) is 0.818. The highest BCUT2D eigenvalue weighted by Gasteiger charge is 2.32. The van der Waals surface area contributed by atoms with Crippen molar-refractivity contribution >= 4 is 34.9 Å². The van der Waals surface area contributed by atoms with Gasteiger partial charge in [-0.05, 0) is 30.3 Å². The van der Waals surface area contributed by atoms with Gasteiger partial charge in [0.25, 0.3) is 5.91 Å². The van der Waals surface area contributed by atoms with E-state index >= 15 is 0 Å². The van der Waals surface area contributed by atoms with E-state index in [9.17, 15) is 18.0 Å². The Bertz CT molecular complexity index is 707. The van der Waals surface area contributed by atoms with Crippen LogP contribution in [0.25, 0.3) is 0 Å². The Morgan fingerprint density at radius 2 is 1.86 bits per heavy atom. The zero-order chi connectivity index (χ0) is 16.3. The topological polar surface area (TPSA) is 54.0 Å². The van der Waals surface area contributed by atoms with Crippen molar-refractivity contribution < 1.29 is 18.0 Å². The Hall–Kier alpha value is -1.99. The van der Waals surface area contributed by atoms with Crippen molar-refractivity contribution in [3.05, 3.63) is 57.7 Å². The summed E-state index contributed by atoms with van der Waals surface area (Å²) < 4.78 is 37.5. The summed E-state index contributed by atoms with van der Waals surface area (Å²) in [6, 6.07) is 7.49. The lowest BCUT2D eigenvalue weighted by atomic mass is 10.2. The number of nitrogens with one attached hydrogen (secondary N) is 2. The molecule has 9 heteroatoms. The Labute approximate surface area is 133 Å². The highest BCUT2D eigenvalue weighted by Crippen LogP contribution is 2.28. The molecular formula is C13H8Cl2F3N3O. The van der Waals surface area contributed by atoms with Gasteiger partial charge < -0.3 is 0 Å². The maximum Gasteiger partial charge on any atom is 0.433 e. The number of rotatable bonds is 3. The number of alkyl halides is 3. The van der Waals surface area contributed by atoms with Gasteiger partial charge >= 0.3 is 6.18 Å². The van der Waals surface area contributed by atoms with Crippen LogP contribution in [0.15, 0.2) is 36.4 Å². The highest BCUT2D eigenvalue weighted by atomic mass is 35.5. The molecule has 1 heterocycles. The molecule has 1 aromatic carbocycles. The number of benzene rings is 1. The van der Waals surface area contributed by atoms with Crippen LogP contribution in [0.3, 0.4) is 0 Å². The molecule has 0 aliphatic heterocycles. The van der Waals surface area contributed by atoms with Gasteiger partial charge in [0.15, 0.2) is 0 Å². The third kappa shape index (κ3) is 4.02. The molecule has 0 fully saturated rings. The smallest absolute Gasteiger partial charge is 0.282 e. The molecule has 0 saturated carbocycles. The van der Waals surface area contributed by atoms with Crippen LogP contribution in [-0.2, 0) is 6.18 Å². The van der Waals surface area contributed by atoms with Crippen LogP contribution < -0.4 is 10.9 Å². The number of carbonyl (C=O) groups is 1. The second-order valence-electron chi connectivity index (χ2n) is 4.11. The van der Waals surface area contributed by atoms with Crippen LogP contribution in [0, 0.1) is 0 Å². The number of amides is 1. The van der Waals surface area contributed by atoms with Crippen molar-refractivity contribution in [1.82, 2.24) is 10.4 Å². The fourth-order valence-corrected chi connectivity index (χ4v) is 2.02. The number of hydrazine groups is 1. The molecule has 2 N–H and O–H groups in total. The van der Waals surface area contributed by atoms with Crippen molar-refractivity contribution in [3.63, 3.8) is 0 Å². The second-order valence-corrected chi connectivity index (χ2v) is 4.95. The maximum atomic E-state index is 12.5. The average Bonchev–Trinajstić information content (AvgIpc) is 2.44. The van der Waals surface area contributed by atoms with Crippen LogP contribution in [0.2, 0.25) is 10.0 Å². The Balaban J connectivity index is 2.08. The Morgan fingerprint density at radius 1 is 1.14 bits per heavy atom. The number of hydrogen-bond donors (Lipinski definition) is 2. The standard InChI is InChI=1S/C13H8Cl2F3N3O/c14-7-4-5-8(9(15)6-7)12(22)21-20-11-3-1-2-10(19-11)13(16,17)18/h1-6H,(H,19,20)(H,21,22). The number of nitrogens with zero attached hydrogens (tertiary/aromatic N) is 1. The molecule has 2 rings (SSSR count). The first-order valence-electron chi connectivity index (χ1n) is 5.83. The van der Waals surface area contributed by atoms with Gasteiger partial charge in [0.2, 0.25) is 0 Å². The largest absolute Gasteiger partial charge is 0.433 e. The summed E-state index contributed by atoms with van der Waals surface area (Å²) >= 11 is 11.6. The number of halogens is 5. The van der Waals surface area contributed by atoms with Crippen molar-refractivity contribution in [2.24, 2.45) is 0 Å². The molecule has 0 radical (unpaired) electrons. The van der Waals surface area contributed by atoms with Crippen molar-refractivity contribution in [2.45, 2.75) is 6.18 Å². The second kappa shape index (κ2) is 6.41. The summed E-state index contributed by atoms with van der Waals surface area (Å²) in [5, 5.41) is 0.470. The first-order valence-corrected chi connectivity index (χ1v) is 6.58. The van der Waals surface area contributed by atoms with Crippen molar-refractivity contribution in [1.29, 1.82) is 0 Å². The molecule has 0 aliphatic rings. The summed E-state index contributed by atoms with van der Waals surface area (Å²) in [6.45, 7) is 0. The van der Waals surface area contributed by atoms with Crippen LogP contribution >= 0.6 is 23.2 Å². The lowest BCUT2D eigenvalue weighted by molar-refractivity contribution is -0.141. The van der Waals surface area contributed by atoms with Gasteiger partial charge in [0.05, 0.1) is 10.6 Å². The number of aromatic nitrogens is 1. The molecule has 0 aliphatic carbocycles. The van der Waals surface area contributed by atoms with Crippen molar-refractivity contribution in [2.75, 3.05) is 5.43 Å². The summed E-state index contributed by atoms with van der Waals surface area (Å²) in [5.74, 6) is -0.797. The molecule has 0 unspecified atom stereocenters. The van der Waals surface area contributed by atoms with Crippen molar-refractivity contribution in [3.8, 4) is 0 Å². The fraction of sp³-hybridized carbons (Fsp3) is 0.0769. The van der Waals surface area contributed by atoms with E-state index in [1.807, 2.05) is 0 Å².